The van der Waals surface area contributed by atoms with Crippen molar-refractivity contribution in [2.24, 2.45) is 17.8 Å². The number of hydrogen-bond donors (Lipinski definition) is 4. The fraction of sp³-hybridized carbons (Fsp3) is 0.688. The predicted octanol–water partition coefficient (Wildman–Crippen LogP) is 1.03. The van der Waals surface area contributed by atoms with Crippen LogP contribution in [0.1, 0.15) is 94.5 Å². The quantitative estimate of drug-likeness (QED) is 0.235. The number of carbonyl (C=O) groups is 6. The minimum Gasteiger partial charge on any atom is -0.347 e. The van der Waals surface area contributed by atoms with Gasteiger partial charge in [-0.1, -0.05) is 39.0 Å². The Morgan fingerprint density at radius 1 is 0.933 bits per heavy atom. The maximum absolute atomic E-state index is 13.7. The highest BCUT2D eigenvalue weighted by molar-refractivity contribution is 6.38. The van der Waals surface area contributed by atoms with Crippen LogP contribution in [0.15, 0.2) is 18.6 Å². The summed E-state index contributed by atoms with van der Waals surface area (Å²) in [5, 5.41) is 11.1. The second kappa shape index (κ2) is 14.9. The topological polar surface area (TPSA) is 180 Å². The Balaban J connectivity index is 1.24. The highest BCUT2D eigenvalue weighted by atomic mass is 16.2. The van der Waals surface area contributed by atoms with E-state index < -0.39 is 53.4 Å². The molecule has 3 saturated carbocycles. The summed E-state index contributed by atoms with van der Waals surface area (Å²) in [5.74, 6) is -3.13. The summed E-state index contributed by atoms with van der Waals surface area (Å²) in [6.45, 7) is 1.94. The lowest BCUT2D eigenvalue weighted by Crippen LogP contribution is -2.56. The summed E-state index contributed by atoms with van der Waals surface area (Å²) < 4.78 is 0. The van der Waals surface area contributed by atoms with Crippen molar-refractivity contribution in [3.05, 3.63) is 24.3 Å². The maximum atomic E-state index is 13.7. The third kappa shape index (κ3) is 8.04. The van der Waals surface area contributed by atoms with Crippen molar-refractivity contribution in [1.82, 2.24) is 36.1 Å². The van der Waals surface area contributed by atoms with Gasteiger partial charge in [-0.15, -0.1) is 0 Å². The van der Waals surface area contributed by atoms with Gasteiger partial charge in [0.2, 0.25) is 23.5 Å². The van der Waals surface area contributed by atoms with E-state index in [-0.39, 0.29) is 36.0 Å². The van der Waals surface area contributed by atoms with Gasteiger partial charge in [0, 0.05) is 25.0 Å². The molecule has 1 aromatic heterocycles. The number of nitrogens with one attached hydrogen (secondary N) is 4. The molecule has 1 aliphatic heterocycles. The first-order chi connectivity index (χ1) is 21.8. The molecule has 4 fully saturated rings. The Labute approximate surface area is 263 Å². The first-order valence-electron chi connectivity index (χ1n) is 16.6. The van der Waals surface area contributed by atoms with Gasteiger partial charge in [0.25, 0.3) is 11.8 Å². The molecule has 244 valence electrons. The smallest absolute Gasteiger partial charge is 0.289 e. The normalized spacial score (nSPS) is 24.2. The van der Waals surface area contributed by atoms with Gasteiger partial charge in [0.05, 0.1) is 18.8 Å². The summed E-state index contributed by atoms with van der Waals surface area (Å²) in [7, 11) is 0. The van der Waals surface area contributed by atoms with Gasteiger partial charge < -0.3 is 26.2 Å². The maximum Gasteiger partial charge on any atom is 0.289 e. The van der Waals surface area contributed by atoms with E-state index >= 15 is 0 Å². The fourth-order valence-electron chi connectivity index (χ4n) is 7.23. The molecule has 4 aliphatic rings. The van der Waals surface area contributed by atoms with E-state index in [0.717, 1.165) is 64.2 Å². The zero-order valence-corrected chi connectivity index (χ0v) is 26.0. The molecule has 5 atom stereocenters. The number of fused-ring (bicyclic) bond motifs is 1. The molecule has 0 spiro atoms. The van der Waals surface area contributed by atoms with Crippen LogP contribution >= 0.6 is 0 Å². The average Bonchev–Trinajstić information content (AvgIpc) is 3.62. The number of likely N-dealkylation sites (tertiary alicyclic amines) is 1. The fourth-order valence-corrected chi connectivity index (χ4v) is 7.23. The molecule has 1 unspecified atom stereocenters. The Morgan fingerprint density at radius 2 is 1.71 bits per heavy atom. The summed E-state index contributed by atoms with van der Waals surface area (Å²) in [6, 6.07) is -2.57. The SMILES string of the molecule is CCC[C@H](NC(=O)[C@@H]1[C@H]2CCC[C@H]2CN1C(=O)CNC(=O)C(NC(=O)c1cnccn1)C1CCCCC1)C(=O)C(=O)NC1CC1. The number of aromatic nitrogens is 2. The number of Topliss-reactive ketones (excluding diaryl/α,β-unsaturated/α-hetero) is 1. The van der Waals surface area contributed by atoms with Gasteiger partial charge in [0.1, 0.15) is 17.8 Å². The standard InChI is InChI=1S/C32H45N7O6/c1-2-7-23(28(41)32(45)36-21-12-13-21)37-31(44)27-22-11-6-10-20(22)18-39(27)25(40)17-35-30(43)26(19-8-4-3-5-9-19)38-29(42)24-16-33-14-15-34-24/h14-16,19-23,26-27H,2-13,17-18H2,1H3,(H,35,43)(H,36,45)(H,37,44)(H,38,42)/t20-,22-,23-,26?,27-/m0/s1. The summed E-state index contributed by atoms with van der Waals surface area (Å²) in [6.07, 6.45) is 14.0. The Morgan fingerprint density at radius 3 is 2.40 bits per heavy atom. The lowest BCUT2D eigenvalue weighted by molar-refractivity contribution is -0.143. The summed E-state index contributed by atoms with van der Waals surface area (Å²) in [4.78, 5) is 88.6. The molecule has 0 bridgehead atoms. The molecule has 0 radical (unpaired) electrons. The van der Waals surface area contributed by atoms with Gasteiger partial charge in [-0.05, 0) is 62.7 Å². The van der Waals surface area contributed by atoms with Gasteiger partial charge in [-0.25, -0.2) is 4.98 Å². The van der Waals surface area contributed by atoms with Crippen LogP contribution in [0.4, 0.5) is 0 Å². The first-order valence-corrected chi connectivity index (χ1v) is 16.6. The zero-order valence-electron chi connectivity index (χ0n) is 26.0. The number of amides is 5. The zero-order chi connectivity index (χ0) is 31.9. The monoisotopic (exact) mass is 623 g/mol. The van der Waals surface area contributed by atoms with E-state index in [1.807, 2.05) is 6.92 Å². The van der Waals surface area contributed by atoms with Crippen molar-refractivity contribution in [3.63, 3.8) is 0 Å². The molecule has 5 amide bonds. The minimum atomic E-state index is -0.965. The third-order valence-corrected chi connectivity index (χ3v) is 9.73. The number of rotatable bonds is 13. The summed E-state index contributed by atoms with van der Waals surface area (Å²) in [5.41, 5.74) is 0.101. The third-order valence-electron chi connectivity index (χ3n) is 9.73. The van der Waals surface area contributed by atoms with Gasteiger partial charge in [-0.3, -0.25) is 33.8 Å². The van der Waals surface area contributed by atoms with E-state index in [4.69, 9.17) is 0 Å². The predicted molar refractivity (Wildman–Crippen MR) is 162 cm³/mol. The molecular formula is C32H45N7O6. The van der Waals surface area contributed by atoms with E-state index in [2.05, 4.69) is 31.2 Å². The number of hydrogen-bond acceptors (Lipinski definition) is 8. The van der Waals surface area contributed by atoms with Crippen LogP contribution in [-0.2, 0) is 24.0 Å². The number of ketones is 1. The summed E-state index contributed by atoms with van der Waals surface area (Å²) >= 11 is 0. The Bertz CT molecular complexity index is 1270. The van der Waals surface area contributed by atoms with Crippen molar-refractivity contribution in [1.29, 1.82) is 0 Å². The minimum absolute atomic E-state index is 0.0230. The average molecular weight is 624 g/mol. The van der Waals surface area contributed by atoms with Crippen molar-refractivity contribution in [2.45, 2.75) is 108 Å². The molecule has 5 rings (SSSR count). The van der Waals surface area contributed by atoms with E-state index in [9.17, 15) is 28.8 Å². The Kier molecular flexibility index (Phi) is 10.8. The molecule has 0 aromatic carbocycles. The number of nitrogens with zero attached hydrogens (tertiary/aromatic N) is 3. The second-order valence-corrected chi connectivity index (χ2v) is 13.0. The molecule has 1 aromatic rings. The van der Waals surface area contributed by atoms with Crippen LogP contribution in [0, 0.1) is 17.8 Å². The molecule has 13 nitrogen and oxygen atoms in total. The van der Waals surface area contributed by atoms with Crippen LogP contribution in [-0.4, -0.2) is 87.4 Å². The lowest BCUT2D eigenvalue weighted by atomic mass is 9.83. The van der Waals surface area contributed by atoms with Crippen LogP contribution in [0.25, 0.3) is 0 Å². The molecule has 1 saturated heterocycles. The highest BCUT2D eigenvalue weighted by Gasteiger charge is 2.50. The molecule has 2 heterocycles. The Hall–Kier alpha value is -3.90. The van der Waals surface area contributed by atoms with Gasteiger partial charge >= 0.3 is 0 Å². The molecule has 13 heteroatoms. The molecule has 45 heavy (non-hydrogen) atoms. The van der Waals surface area contributed by atoms with E-state index in [1.165, 1.54) is 23.5 Å². The molecule has 3 aliphatic carbocycles. The lowest BCUT2D eigenvalue weighted by Gasteiger charge is -2.31. The van der Waals surface area contributed by atoms with E-state index in [0.29, 0.717) is 19.4 Å². The highest BCUT2D eigenvalue weighted by Crippen LogP contribution is 2.42. The second-order valence-electron chi connectivity index (χ2n) is 13.0. The van der Waals surface area contributed by atoms with Crippen LogP contribution in [0.2, 0.25) is 0 Å². The molecular weight excluding hydrogens is 578 g/mol. The van der Waals surface area contributed by atoms with Crippen molar-refractivity contribution in [3.8, 4) is 0 Å². The van der Waals surface area contributed by atoms with E-state index in [1.54, 1.807) is 0 Å². The van der Waals surface area contributed by atoms with Crippen LogP contribution in [0.3, 0.4) is 0 Å². The van der Waals surface area contributed by atoms with Gasteiger partial charge in [0.15, 0.2) is 0 Å². The largest absolute Gasteiger partial charge is 0.347 e. The van der Waals surface area contributed by atoms with Crippen LogP contribution in [0.5, 0.6) is 0 Å². The number of carbonyl (C=O) groups excluding carboxylic acids is 6. The van der Waals surface area contributed by atoms with Crippen molar-refractivity contribution in [2.75, 3.05) is 13.1 Å². The van der Waals surface area contributed by atoms with Crippen LogP contribution < -0.4 is 21.3 Å². The van der Waals surface area contributed by atoms with Gasteiger partial charge in [-0.2, -0.15) is 0 Å². The van der Waals surface area contributed by atoms with Crippen molar-refractivity contribution >= 4 is 35.3 Å². The van der Waals surface area contributed by atoms with Crippen molar-refractivity contribution < 1.29 is 28.8 Å². The molecule has 4 N–H and O–H groups in total. The first kappa shape index (κ1) is 32.5.